The molecule has 0 aromatic carbocycles. The van der Waals surface area contributed by atoms with Crippen LogP contribution >= 0.6 is 11.3 Å². The van der Waals surface area contributed by atoms with E-state index in [1.165, 1.54) is 6.21 Å². The Morgan fingerprint density at radius 3 is 3.10 bits per heavy atom. The quantitative estimate of drug-likeness (QED) is 0.513. The van der Waals surface area contributed by atoms with E-state index in [4.69, 9.17) is 4.42 Å². The van der Waals surface area contributed by atoms with E-state index in [9.17, 15) is 4.79 Å². The summed E-state index contributed by atoms with van der Waals surface area (Å²) in [4.78, 5) is 16.8. The van der Waals surface area contributed by atoms with Crippen LogP contribution in [0.3, 0.4) is 0 Å². The second-order valence-electron chi connectivity index (χ2n) is 3.84. The van der Waals surface area contributed by atoms with Gasteiger partial charge < -0.3 is 4.42 Å². The number of hydrogen-bond acceptors (Lipinski definition) is 6. The van der Waals surface area contributed by atoms with Gasteiger partial charge in [-0.05, 0) is 29.7 Å². The van der Waals surface area contributed by atoms with Crippen LogP contribution in [-0.2, 0) is 4.79 Å². The molecule has 7 heteroatoms. The smallest absolute Gasteiger partial charge is 0.276 e. The number of carbonyl (C=O) groups is 1. The van der Waals surface area contributed by atoms with Gasteiger partial charge in [0, 0.05) is 4.88 Å². The van der Waals surface area contributed by atoms with Gasteiger partial charge in [0.2, 0.25) is 5.96 Å². The molecule has 2 N–H and O–H groups in total. The van der Waals surface area contributed by atoms with E-state index < -0.39 is 0 Å². The third kappa shape index (κ3) is 2.83. The minimum absolute atomic E-state index is 0.255. The predicted octanol–water partition coefficient (Wildman–Crippen LogP) is 1.79. The minimum Gasteiger partial charge on any atom is -0.463 e. The van der Waals surface area contributed by atoms with Crippen molar-refractivity contribution in [3.8, 4) is 0 Å². The highest BCUT2D eigenvalue weighted by Crippen LogP contribution is 2.15. The lowest BCUT2D eigenvalue weighted by molar-refractivity contribution is -0.115. The average Bonchev–Trinajstić information content (AvgIpc) is 3.14. The molecule has 0 atom stereocenters. The second kappa shape index (κ2) is 5.54. The zero-order valence-corrected chi connectivity index (χ0v) is 11.1. The van der Waals surface area contributed by atoms with Crippen molar-refractivity contribution in [2.75, 3.05) is 0 Å². The number of guanidine groups is 1. The van der Waals surface area contributed by atoms with Crippen molar-refractivity contribution in [3.63, 3.8) is 0 Å². The molecule has 1 aliphatic heterocycles. The summed E-state index contributed by atoms with van der Waals surface area (Å²) in [5.74, 6) is 0.645. The van der Waals surface area contributed by atoms with Crippen LogP contribution in [0, 0.1) is 0 Å². The summed E-state index contributed by atoms with van der Waals surface area (Å²) in [5, 5.41) is 8.45. The lowest BCUT2D eigenvalue weighted by Gasteiger charge is -1.96. The number of hydrogen-bond donors (Lipinski definition) is 2. The monoisotopic (exact) mass is 286 g/mol. The summed E-state index contributed by atoms with van der Waals surface area (Å²) in [6, 6.07) is 7.36. The standard InChI is InChI=1S/C13H10N4O2S/c18-12-11(7-10-4-2-6-20-10)15-13(16-12)17-14-8-9-3-1-5-19-9/h1-8H,(H2,15,16,17,18)/b11-7-,14-8+. The molecule has 100 valence electrons. The van der Waals surface area contributed by atoms with Gasteiger partial charge in [-0.25, -0.2) is 10.4 Å². The van der Waals surface area contributed by atoms with Crippen LogP contribution in [0.5, 0.6) is 0 Å². The SMILES string of the molecule is O=C1NC(N/N=C/c2ccco2)=N/C1=C\c1cccs1. The molecule has 2 aromatic heterocycles. The maximum Gasteiger partial charge on any atom is 0.276 e. The Morgan fingerprint density at radius 1 is 1.40 bits per heavy atom. The molecule has 1 amide bonds. The molecular weight excluding hydrogens is 276 g/mol. The Hall–Kier alpha value is -2.67. The molecule has 1 aliphatic rings. The van der Waals surface area contributed by atoms with Crippen LogP contribution in [0.4, 0.5) is 0 Å². The van der Waals surface area contributed by atoms with Gasteiger partial charge >= 0.3 is 0 Å². The molecule has 0 saturated heterocycles. The number of hydrazone groups is 1. The number of aliphatic imine (C=N–C) groups is 1. The second-order valence-corrected chi connectivity index (χ2v) is 4.82. The van der Waals surface area contributed by atoms with Gasteiger partial charge in [0.25, 0.3) is 5.91 Å². The normalized spacial score (nSPS) is 16.7. The number of amides is 1. The number of rotatable bonds is 3. The number of carbonyl (C=O) groups excluding carboxylic acids is 1. The first-order chi connectivity index (χ1) is 9.81. The lowest BCUT2D eigenvalue weighted by Crippen LogP contribution is -2.33. The van der Waals surface area contributed by atoms with E-state index in [-0.39, 0.29) is 5.91 Å². The Morgan fingerprint density at radius 2 is 2.35 bits per heavy atom. The average molecular weight is 286 g/mol. The Balaban J connectivity index is 1.68. The highest BCUT2D eigenvalue weighted by Gasteiger charge is 2.19. The van der Waals surface area contributed by atoms with Crippen LogP contribution in [0.15, 0.2) is 56.1 Å². The third-order valence-corrected chi connectivity index (χ3v) is 3.24. The highest BCUT2D eigenvalue weighted by molar-refractivity contribution is 7.10. The molecule has 3 rings (SSSR count). The van der Waals surface area contributed by atoms with Crippen molar-refractivity contribution in [3.05, 3.63) is 52.2 Å². The molecule has 0 saturated carbocycles. The molecule has 0 spiro atoms. The van der Waals surface area contributed by atoms with Gasteiger partial charge in [0.15, 0.2) is 0 Å². The van der Waals surface area contributed by atoms with Crippen molar-refractivity contribution < 1.29 is 9.21 Å². The highest BCUT2D eigenvalue weighted by atomic mass is 32.1. The Labute approximate surface area is 118 Å². The number of furan rings is 1. The molecule has 2 aromatic rings. The minimum atomic E-state index is -0.255. The summed E-state index contributed by atoms with van der Waals surface area (Å²) in [6.07, 6.45) is 4.78. The summed E-state index contributed by atoms with van der Waals surface area (Å²) >= 11 is 1.54. The van der Waals surface area contributed by atoms with E-state index in [2.05, 4.69) is 20.8 Å². The third-order valence-electron chi connectivity index (χ3n) is 2.42. The van der Waals surface area contributed by atoms with Crippen LogP contribution in [0.25, 0.3) is 6.08 Å². The lowest BCUT2D eigenvalue weighted by atomic mass is 10.3. The molecule has 0 aliphatic carbocycles. The first kappa shape index (κ1) is 12.4. The fraction of sp³-hybridized carbons (Fsp3) is 0. The molecule has 0 fully saturated rings. The topological polar surface area (TPSA) is 79.0 Å². The fourth-order valence-electron chi connectivity index (χ4n) is 1.55. The van der Waals surface area contributed by atoms with Gasteiger partial charge in [-0.2, -0.15) is 5.10 Å². The van der Waals surface area contributed by atoms with Crippen molar-refractivity contribution in [1.82, 2.24) is 10.7 Å². The van der Waals surface area contributed by atoms with Crippen molar-refractivity contribution >= 4 is 35.5 Å². The van der Waals surface area contributed by atoms with E-state index in [1.54, 1.807) is 35.8 Å². The van der Waals surface area contributed by atoms with Crippen LogP contribution in [0.1, 0.15) is 10.6 Å². The van der Waals surface area contributed by atoms with Crippen LogP contribution in [-0.4, -0.2) is 18.1 Å². The first-order valence-electron chi connectivity index (χ1n) is 5.79. The number of thiophene rings is 1. The largest absolute Gasteiger partial charge is 0.463 e. The van der Waals surface area contributed by atoms with E-state index in [0.717, 1.165) is 4.88 Å². The van der Waals surface area contributed by atoms with Crippen molar-refractivity contribution in [1.29, 1.82) is 0 Å². The van der Waals surface area contributed by atoms with Crippen LogP contribution in [0.2, 0.25) is 0 Å². The Kier molecular flexibility index (Phi) is 3.42. The van der Waals surface area contributed by atoms with E-state index in [0.29, 0.717) is 17.4 Å². The molecule has 0 radical (unpaired) electrons. The van der Waals surface area contributed by atoms with Gasteiger partial charge in [0.05, 0.1) is 12.5 Å². The molecule has 0 bridgehead atoms. The fourth-order valence-corrected chi connectivity index (χ4v) is 2.20. The van der Waals surface area contributed by atoms with Crippen molar-refractivity contribution in [2.24, 2.45) is 10.1 Å². The van der Waals surface area contributed by atoms with E-state index in [1.807, 2.05) is 17.5 Å². The maximum atomic E-state index is 11.7. The van der Waals surface area contributed by atoms with Gasteiger partial charge in [-0.15, -0.1) is 11.3 Å². The maximum absolute atomic E-state index is 11.7. The van der Waals surface area contributed by atoms with Crippen LogP contribution < -0.4 is 10.7 Å². The summed E-state index contributed by atoms with van der Waals surface area (Å²) < 4.78 is 5.08. The summed E-state index contributed by atoms with van der Waals surface area (Å²) in [6.45, 7) is 0. The molecule has 6 nitrogen and oxygen atoms in total. The Bertz CT molecular complexity index is 684. The van der Waals surface area contributed by atoms with Crippen molar-refractivity contribution in [2.45, 2.75) is 0 Å². The van der Waals surface area contributed by atoms with Gasteiger partial charge in [-0.1, -0.05) is 6.07 Å². The summed E-state index contributed by atoms with van der Waals surface area (Å²) in [5.41, 5.74) is 3.00. The number of nitrogens with one attached hydrogen (secondary N) is 2. The zero-order valence-electron chi connectivity index (χ0n) is 10.2. The number of nitrogens with zero attached hydrogens (tertiary/aromatic N) is 2. The zero-order chi connectivity index (χ0) is 13.8. The first-order valence-corrected chi connectivity index (χ1v) is 6.67. The van der Waals surface area contributed by atoms with Gasteiger partial charge in [0.1, 0.15) is 11.5 Å². The molecular formula is C13H10N4O2S. The summed E-state index contributed by atoms with van der Waals surface area (Å²) in [7, 11) is 0. The predicted molar refractivity (Wildman–Crippen MR) is 77.3 cm³/mol. The van der Waals surface area contributed by atoms with E-state index >= 15 is 0 Å². The molecule has 3 heterocycles. The van der Waals surface area contributed by atoms with Gasteiger partial charge in [-0.3, -0.25) is 10.1 Å². The molecule has 0 unspecified atom stereocenters. The molecule has 20 heavy (non-hydrogen) atoms.